The molecule has 0 aliphatic rings. The molecule has 0 spiro atoms. The Hall–Kier alpha value is -0.550. The van der Waals surface area contributed by atoms with Crippen molar-refractivity contribution < 1.29 is 17.9 Å². The molecule has 0 bridgehead atoms. The Morgan fingerprint density at radius 3 is 2.38 bits per heavy atom. The predicted octanol–water partition coefficient (Wildman–Crippen LogP) is 4.39. The van der Waals surface area contributed by atoms with Crippen molar-refractivity contribution in [3.63, 3.8) is 0 Å². The Morgan fingerprint density at radius 2 is 1.94 bits per heavy atom. The van der Waals surface area contributed by atoms with Gasteiger partial charge in [0.1, 0.15) is 0 Å². The van der Waals surface area contributed by atoms with E-state index in [-0.39, 0.29) is 6.10 Å². The van der Waals surface area contributed by atoms with Gasteiger partial charge in [0.2, 0.25) is 0 Å². The van der Waals surface area contributed by atoms with E-state index in [0.717, 1.165) is 12.1 Å². The molecule has 0 amide bonds. The van der Waals surface area contributed by atoms with E-state index < -0.39 is 11.7 Å². The highest BCUT2D eigenvalue weighted by Gasteiger charge is 2.30. The Bertz CT molecular complexity index is 361. The van der Waals surface area contributed by atoms with Gasteiger partial charge in [-0.1, -0.05) is 22.0 Å². The van der Waals surface area contributed by atoms with Gasteiger partial charge in [-0.3, -0.25) is 0 Å². The molecule has 5 heteroatoms. The first kappa shape index (κ1) is 13.5. The molecule has 0 unspecified atom stereocenters. The van der Waals surface area contributed by atoms with Gasteiger partial charge in [-0.2, -0.15) is 13.2 Å². The second kappa shape index (κ2) is 5.19. The Kier molecular flexibility index (Phi) is 4.38. The summed E-state index contributed by atoms with van der Waals surface area (Å²) in [6, 6.07) is 3.55. The summed E-state index contributed by atoms with van der Waals surface area (Å²) in [5, 5.41) is 0. The maximum atomic E-state index is 12.4. The number of halogens is 4. The van der Waals surface area contributed by atoms with E-state index in [4.69, 9.17) is 4.74 Å². The molecule has 0 saturated carbocycles. The van der Waals surface area contributed by atoms with Crippen LogP contribution in [0.4, 0.5) is 13.2 Å². The third kappa shape index (κ3) is 3.79. The third-order valence-corrected chi connectivity index (χ3v) is 2.69. The quantitative estimate of drug-likeness (QED) is 0.804. The van der Waals surface area contributed by atoms with E-state index in [9.17, 15) is 13.2 Å². The molecule has 1 rings (SSSR count). The van der Waals surface area contributed by atoms with Crippen molar-refractivity contribution in [3.05, 3.63) is 33.8 Å². The lowest BCUT2D eigenvalue weighted by atomic mass is 10.1. The molecule has 90 valence electrons. The first-order valence-corrected chi connectivity index (χ1v) is 5.57. The molecule has 0 radical (unpaired) electrons. The maximum absolute atomic E-state index is 12.4. The smallest absolute Gasteiger partial charge is 0.374 e. The average Bonchev–Trinajstić information content (AvgIpc) is 2.14. The van der Waals surface area contributed by atoms with Crippen LogP contribution < -0.4 is 0 Å². The van der Waals surface area contributed by atoms with Gasteiger partial charge in [-0.05, 0) is 31.5 Å². The fraction of sp³-hybridized carbons (Fsp3) is 0.455. The molecule has 1 nitrogen and oxygen atoms in total. The molecule has 0 aliphatic carbocycles. The summed E-state index contributed by atoms with van der Waals surface area (Å²) in [5.74, 6) is 0. The van der Waals surface area contributed by atoms with Crippen LogP contribution in [0.2, 0.25) is 0 Å². The topological polar surface area (TPSA) is 9.23 Å². The lowest BCUT2D eigenvalue weighted by molar-refractivity contribution is -0.137. The van der Waals surface area contributed by atoms with E-state index in [0.29, 0.717) is 16.6 Å². The summed E-state index contributed by atoms with van der Waals surface area (Å²) in [7, 11) is 0. The Balaban J connectivity index is 2.84. The minimum Gasteiger partial charge on any atom is -0.374 e. The van der Waals surface area contributed by atoms with Crippen molar-refractivity contribution in [2.75, 3.05) is 0 Å². The minimum absolute atomic E-state index is 0.0502. The molecular formula is C11H12BrF3O. The number of rotatable bonds is 3. The average molecular weight is 297 g/mol. The first-order chi connectivity index (χ1) is 7.30. The largest absolute Gasteiger partial charge is 0.416 e. The van der Waals surface area contributed by atoms with E-state index in [1.807, 2.05) is 13.8 Å². The van der Waals surface area contributed by atoms with Gasteiger partial charge in [-0.25, -0.2) is 0 Å². The van der Waals surface area contributed by atoms with Crippen LogP contribution in [0.1, 0.15) is 25.0 Å². The van der Waals surface area contributed by atoms with Crippen LogP contribution in [-0.2, 0) is 17.5 Å². The summed E-state index contributed by atoms with van der Waals surface area (Å²) >= 11 is 3.11. The molecule has 0 heterocycles. The zero-order valence-corrected chi connectivity index (χ0v) is 10.5. The molecule has 1 aromatic rings. The van der Waals surface area contributed by atoms with Crippen LogP contribution in [0.3, 0.4) is 0 Å². The van der Waals surface area contributed by atoms with E-state index in [1.165, 1.54) is 6.07 Å². The molecule has 0 fully saturated rings. The minimum atomic E-state index is -4.31. The highest BCUT2D eigenvalue weighted by atomic mass is 79.9. The normalized spacial score (nSPS) is 12.2. The van der Waals surface area contributed by atoms with Gasteiger partial charge < -0.3 is 4.74 Å². The lowest BCUT2D eigenvalue weighted by Crippen LogP contribution is -2.06. The van der Waals surface area contributed by atoms with Crippen LogP contribution in [-0.4, -0.2) is 6.10 Å². The Labute approximate surface area is 101 Å². The number of ether oxygens (including phenoxy) is 1. The number of benzene rings is 1. The van der Waals surface area contributed by atoms with E-state index >= 15 is 0 Å². The second-order valence-corrected chi connectivity index (χ2v) is 4.52. The lowest BCUT2D eigenvalue weighted by Gasteiger charge is -2.12. The van der Waals surface area contributed by atoms with Gasteiger partial charge >= 0.3 is 6.18 Å². The van der Waals surface area contributed by atoms with Gasteiger partial charge in [-0.15, -0.1) is 0 Å². The van der Waals surface area contributed by atoms with Gasteiger partial charge in [0.05, 0.1) is 18.3 Å². The van der Waals surface area contributed by atoms with Crippen molar-refractivity contribution in [2.24, 2.45) is 0 Å². The first-order valence-electron chi connectivity index (χ1n) is 4.78. The molecule has 1 aromatic carbocycles. The predicted molar refractivity (Wildman–Crippen MR) is 59.1 cm³/mol. The second-order valence-electron chi connectivity index (χ2n) is 3.66. The number of hydrogen-bond donors (Lipinski definition) is 0. The highest BCUT2D eigenvalue weighted by Crippen LogP contribution is 2.32. The summed E-state index contributed by atoms with van der Waals surface area (Å²) in [5.41, 5.74) is 0.0503. The molecule has 0 N–H and O–H groups in total. The van der Waals surface area contributed by atoms with Crippen molar-refractivity contribution >= 4 is 15.9 Å². The standard InChI is InChI=1S/C11H12BrF3O/c1-7(2)16-6-8-3-4-9(5-10(8)12)11(13,14)15/h3-5,7H,6H2,1-2H3. The van der Waals surface area contributed by atoms with Crippen LogP contribution in [0, 0.1) is 0 Å². The summed E-state index contributed by atoms with van der Waals surface area (Å²) in [6.45, 7) is 4.05. The summed E-state index contributed by atoms with van der Waals surface area (Å²) in [6.07, 6.45) is -4.26. The highest BCUT2D eigenvalue weighted by molar-refractivity contribution is 9.10. The third-order valence-electron chi connectivity index (χ3n) is 1.95. The van der Waals surface area contributed by atoms with Crippen LogP contribution in [0.25, 0.3) is 0 Å². The number of alkyl halides is 3. The number of hydrogen-bond acceptors (Lipinski definition) is 1. The van der Waals surface area contributed by atoms with Crippen molar-refractivity contribution in [1.82, 2.24) is 0 Å². The van der Waals surface area contributed by atoms with E-state index in [2.05, 4.69) is 15.9 Å². The van der Waals surface area contributed by atoms with Crippen molar-refractivity contribution in [3.8, 4) is 0 Å². The van der Waals surface area contributed by atoms with Crippen LogP contribution in [0.15, 0.2) is 22.7 Å². The van der Waals surface area contributed by atoms with Crippen LogP contribution >= 0.6 is 15.9 Å². The van der Waals surface area contributed by atoms with E-state index in [1.54, 1.807) is 0 Å². The molecule has 0 atom stereocenters. The Morgan fingerprint density at radius 1 is 1.31 bits per heavy atom. The molecular weight excluding hydrogens is 285 g/mol. The molecule has 16 heavy (non-hydrogen) atoms. The van der Waals surface area contributed by atoms with Crippen molar-refractivity contribution in [2.45, 2.75) is 32.7 Å². The fourth-order valence-electron chi connectivity index (χ4n) is 1.10. The SMILES string of the molecule is CC(C)OCc1ccc(C(F)(F)F)cc1Br. The zero-order valence-electron chi connectivity index (χ0n) is 8.94. The summed E-state index contributed by atoms with van der Waals surface area (Å²) in [4.78, 5) is 0. The summed E-state index contributed by atoms with van der Waals surface area (Å²) < 4.78 is 42.8. The molecule has 0 aromatic heterocycles. The molecule has 0 aliphatic heterocycles. The monoisotopic (exact) mass is 296 g/mol. The molecule has 0 saturated heterocycles. The van der Waals surface area contributed by atoms with Gasteiger partial charge in [0.25, 0.3) is 0 Å². The zero-order chi connectivity index (χ0) is 12.3. The van der Waals surface area contributed by atoms with Gasteiger partial charge in [0.15, 0.2) is 0 Å². The maximum Gasteiger partial charge on any atom is 0.416 e. The van der Waals surface area contributed by atoms with Crippen molar-refractivity contribution in [1.29, 1.82) is 0 Å². The fourth-order valence-corrected chi connectivity index (χ4v) is 1.59. The van der Waals surface area contributed by atoms with Crippen LogP contribution in [0.5, 0.6) is 0 Å². The van der Waals surface area contributed by atoms with Gasteiger partial charge in [0, 0.05) is 4.47 Å².